The molecule has 1 saturated heterocycles. The first-order valence-electron chi connectivity index (χ1n) is 6.71. The van der Waals surface area contributed by atoms with Gasteiger partial charge in [0.05, 0.1) is 0 Å². The molecule has 1 N–H and O–H groups in total. The van der Waals surface area contributed by atoms with Crippen LogP contribution in [0.15, 0.2) is 0 Å². The van der Waals surface area contributed by atoms with Crippen molar-refractivity contribution in [2.24, 2.45) is 5.92 Å². The third kappa shape index (κ3) is 2.73. The Balaban J connectivity index is 1.89. The lowest BCUT2D eigenvalue weighted by atomic mass is 9.88. The summed E-state index contributed by atoms with van der Waals surface area (Å²) in [7, 11) is 2.35. The molecule has 2 nitrogen and oxygen atoms in total. The van der Waals surface area contributed by atoms with E-state index >= 15 is 0 Å². The maximum atomic E-state index is 3.54. The summed E-state index contributed by atoms with van der Waals surface area (Å²) in [6.45, 7) is 4.84. The van der Waals surface area contributed by atoms with Crippen LogP contribution in [0.3, 0.4) is 0 Å². The molecule has 2 unspecified atom stereocenters. The van der Waals surface area contributed by atoms with Crippen molar-refractivity contribution in [1.29, 1.82) is 0 Å². The van der Waals surface area contributed by atoms with E-state index in [1.807, 2.05) is 0 Å². The van der Waals surface area contributed by atoms with E-state index in [-0.39, 0.29) is 0 Å². The zero-order chi connectivity index (χ0) is 10.7. The Hall–Kier alpha value is -0.0800. The molecule has 2 fully saturated rings. The normalized spacial score (nSPS) is 34.6. The van der Waals surface area contributed by atoms with Gasteiger partial charge in [0.15, 0.2) is 0 Å². The minimum atomic E-state index is 0.779. The monoisotopic (exact) mass is 210 g/mol. The average molecular weight is 210 g/mol. The molecule has 0 spiro atoms. The Bertz CT molecular complexity index is 187. The predicted molar refractivity (Wildman–Crippen MR) is 65.1 cm³/mol. The molecule has 1 aliphatic heterocycles. The van der Waals surface area contributed by atoms with Crippen LogP contribution in [0.5, 0.6) is 0 Å². The molecule has 0 amide bonds. The van der Waals surface area contributed by atoms with Gasteiger partial charge in [0, 0.05) is 18.6 Å². The first-order chi connectivity index (χ1) is 7.29. The molecule has 0 aromatic rings. The third-order valence-electron chi connectivity index (χ3n) is 4.46. The molecule has 0 aromatic heterocycles. The molecule has 0 bridgehead atoms. The predicted octanol–water partition coefficient (Wildman–Crippen LogP) is 2.25. The Kier molecular flexibility index (Phi) is 4.04. The summed E-state index contributed by atoms with van der Waals surface area (Å²) in [5.41, 5.74) is 0. The maximum Gasteiger partial charge on any atom is 0.0246 e. The smallest absolute Gasteiger partial charge is 0.0246 e. The fourth-order valence-electron chi connectivity index (χ4n) is 3.28. The van der Waals surface area contributed by atoms with E-state index in [2.05, 4.69) is 24.2 Å². The Labute approximate surface area is 94.4 Å². The van der Waals surface area contributed by atoms with Crippen molar-refractivity contribution in [3.8, 4) is 0 Å². The molecule has 1 saturated carbocycles. The SMILES string of the molecule is CC1CCNCC1N(C)C1CCCCC1. The van der Waals surface area contributed by atoms with Gasteiger partial charge in [0.2, 0.25) is 0 Å². The van der Waals surface area contributed by atoms with E-state index in [0.717, 1.165) is 18.0 Å². The highest BCUT2D eigenvalue weighted by atomic mass is 15.2. The number of likely N-dealkylation sites (N-methyl/N-ethyl adjacent to an activating group) is 1. The van der Waals surface area contributed by atoms with Gasteiger partial charge in [-0.15, -0.1) is 0 Å². The van der Waals surface area contributed by atoms with Crippen molar-refractivity contribution in [1.82, 2.24) is 10.2 Å². The Morgan fingerprint density at radius 1 is 1.07 bits per heavy atom. The van der Waals surface area contributed by atoms with Crippen LogP contribution in [0.2, 0.25) is 0 Å². The second kappa shape index (κ2) is 5.31. The fourth-order valence-corrected chi connectivity index (χ4v) is 3.28. The molecule has 2 heteroatoms. The van der Waals surface area contributed by atoms with Gasteiger partial charge >= 0.3 is 0 Å². The largest absolute Gasteiger partial charge is 0.315 e. The van der Waals surface area contributed by atoms with E-state index < -0.39 is 0 Å². The number of rotatable bonds is 2. The van der Waals surface area contributed by atoms with Crippen LogP contribution in [-0.4, -0.2) is 37.1 Å². The van der Waals surface area contributed by atoms with E-state index in [1.165, 1.54) is 51.6 Å². The number of nitrogens with zero attached hydrogens (tertiary/aromatic N) is 1. The van der Waals surface area contributed by atoms with Crippen molar-refractivity contribution < 1.29 is 0 Å². The second-order valence-corrected chi connectivity index (χ2v) is 5.49. The Morgan fingerprint density at radius 2 is 1.80 bits per heavy atom. The number of piperidine rings is 1. The first kappa shape index (κ1) is 11.4. The molecular formula is C13H26N2. The summed E-state index contributed by atoms with van der Waals surface area (Å²) in [6, 6.07) is 1.65. The molecule has 2 aliphatic rings. The van der Waals surface area contributed by atoms with Crippen LogP contribution in [0, 0.1) is 5.92 Å². The molecule has 1 aliphatic carbocycles. The minimum absolute atomic E-state index is 0.779. The maximum absolute atomic E-state index is 3.54. The zero-order valence-corrected chi connectivity index (χ0v) is 10.3. The van der Waals surface area contributed by atoms with Crippen LogP contribution in [0.4, 0.5) is 0 Å². The van der Waals surface area contributed by atoms with E-state index in [0.29, 0.717) is 0 Å². The fraction of sp³-hybridized carbons (Fsp3) is 1.00. The minimum Gasteiger partial charge on any atom is -0.315 e. The summed E-state index contributed by atoms with van der Waals surface area (Å²) >= 11 is 0. The summed E-state index contributed by atoms with van der Waals surface area (Å²) in [5.74, 6) is 0.873. The molecule has 15 heavy (non-hydrogen) atoms. The van der Waals surface area contributed by atoms with Gasteiger partial charge in [-0.1, -0.05) is 26.2 Å². The molecule has 0 aromatic carbocycles. The number of hydrogen-bond donors (Lipinski definition) is 1. The highest BCUT2D eigenvalue weighted by Gasteiger charge is 2.29. The zero-order valence-electron chi connectivity index (χ0n) is 10.3. The van der Waals surface area contributed by atoms with Crippen LogP contribution in [0.25, 0.3) is 0 Å². The van der Waals surface area contributed by atoms with Gasteiger partial charge in [-0.25, -0.2) is 0 Å². The molecule has 2 rings (SSSR count). The quantitative estimate of drug-likeness (QED) is 0.752. The van der Waals surface area contributed by atoms with Crippen molar-refractivity contribution in [2.45, 2.75) is 57.5 Å². The van der Waals surface area contributed by atoms with Crippen molar-refractivity contribution in [2.75, 3.05) is 20.1 Å². The van der Waals surface area contributed by atoms with Gasteiger partial charge in [-0.05, 0) is 38.8 Å². The number of nitrogens with one attached hydrogen (secondary N) is 1. The lowest BCUT2D eigenvalue weighted by Gasteiger charge is -2.42. The van der Waals surface area contributed by atoms with Crippen LogP contribution in [-0.2, 0) is 0 Å². The summed E-state index contributed by atoms with van der Waals surface area (Å²) < 4.78 is 0. The second-order valence-electron chi connectivity index (χ2n) is 5.49. The van der Waals surface area contributed by atoms with E-state index in [1.54, 1.807) is 0 Å². The van der Waals surface area contributed by atoms with Crippen molar-refractivity contribution in [3.63, 3.8) is 0 Å². The number of hydrogen-bond acceptors (Lipinski definition) is 2. The van der Waals surface area contributed by atoms with Gasteiger partial charge < -0.3 is 5.32 Å². The van der Waals surface area contributed by atoms with Crippen LogP contribution in [0.1, 0.15) is 45.4 Å². The van der Waals surface area contributed by atoms with Crippen molar-refractivity contribution >= 4 is 0 Å². The van der Waals surface area contributed by atoms with Crippen LogP contribution >= 0.6 is 0 Å². The van der Waals surface area contributed by atoms with Crippen LogP contribution < -0.4 is 5.32 Å². The topological polar surface area (TPSA) is 15.3 Å². The van der Waals surface area contributed by atoms with E-state index in [4.69, 9.17) is 0 Å². The van der Waals surface area contributed by atoms with Gasteiger partial charge in [0.1, 0.15) is 0 Å². The molecule has 1 heterocycles. The Morgan fingerprint density at radius 3 is 2.47 bits per heavy atom. The lowest BCUT2D eigenvalue weighted by molar-refractivity contribution is 0.0859. The highest BCUT2D eigenvalue weighted by Crippen LogP contribution is 2.26. The first-order valence-corrected chi connectivity index (χ1v) is 6.71. The van der Waals surface area contributed by atoms with Gasteiger partial charge in [-0.2, -0.15) is 0 Å². The standard InChI is InChI=1S/C13H26N2/c1-11-8-9-14-10-13(11)15(2)12-6-4-3-5-7-12/h11-14H,3-10H2,1-2H3. The summed E-state index contributed by atoms with van der Waals surface area (Å²) in [5, 5.41) is 3.54. The molecule has 2 atom stereocenters. The highest BCUT2D eigenvalue weighted by molar-refractivity contribution is 4.86. The molecular weight excluding hydrogens is 184 g/mol. The van der Waals surface area contributed by atoms with Gasteiger partial charge in [-0.3, -0.25) is 4.90 Å². The summed E-state index contributed by atoms with van der Waals surface area (Å²) in [6.07, 6.45) is 8.57. The lowest BCUT2D eigenvalue weighted by Crippen LogP contribution is -2.52. The van der Waals surface area contributed by atoms with E-state index in [9.17, 15) is 0 Å². The summed E-state index contributed by atoms with van der Waals surface area (Å²) in [4.78, 5) is 2.68. The van der Waals surface area contributed by atoms with Gasteiger partial charge in [0.25, 0.3) is 0 Å². The molecule has 88 valence electrons. The average Bonchev–Trinajstić information content (AvgIpc) is 2.30. The third-order valence-corrected chi connectivity index (χ3v) is 4.46. The van der Waals surface area contributed by atoms with Crippen molar-refractivity contribution in [3.05, 3.63) is 0 Å². The molecule has 0 radical (unpaired) electrons.